The van der Waals surface area contributed by atoms with Gasteiger partial charge in [0.15, 0.2) is 0 Å². The largest absolute Gasteiger partial charge is 0.495 e. The fraction of sp³-hybridized carbons (Fsp3) is 0.308. The Bertz CT molecular complexity index is 546. The average molecular weight is 406 g/mol. The van der Waals surface area contributed by atoms with Crippen LogP contribution in [0.4, 0.5) is 0 Å². The summed E-state index contributed by atoms with van der Waals surface area (Å²) in [6.07, 6.45) is 1.83. The summed E-state index contributed by atoms with van der Waals surface area (Å²) < 4.78 is 7.41. The maximum Gasteiger partial charge on any atom is 0.137 e. The van der Waals surface area contributed by atoms with Gasteiger partial charge in [0.1, 0.15) is 10.8 Å². The Morgan fingerprint density at radius 2 is 2.21 bits per heavy atom. The molecule has 1 heterocycles. The number of hydrogen-bond donors (Lipinski definition) is 1. The van der Waals surface area contributed by atoms with Gasteiger partial charge < -0.3 is 10.1 Å². The Hall–Kier alpha value is -0.430. The van der Waals surface area contributed by atoms with E-state index in [-0.39, 0.29) is 6.04 Å². The van der Waals surface area contributed by atoms with Crippen molar-refractivity contribution in [2.45, 2.75) is 19.5 Å². The molecule has 6 heteroatoms. The average Bonchev–Trinajstić information content (AvgIpc) is 2.89. The minimum absolute atomic E-state index is 0.225. The molecule has 2 rings (SSSR count). The quantitative estimate of drug-likeness (QED) is 0.793. The van der Waals surface area contributed by atoms with Crippen LogP contribution in [0.5, 0.6) is 5.75 Å². The Morgan fingerprint density at radius 3 is 2.84 bits per heavy atom. The number of nitrogens with zero attached hydrogens (tertiary/aromatic N) is 1. The lowest BCUT2D eigenvalue weighted by Crippen LogP contribution is -2.18. The van der Waals surface area contributed by atoms with Gasteiger partial charge in [0.2, 0.25) is 0 Å². The number of hydrogen-bond acceptors (Lipinski definition) is 4. The first-order chi connectivity index (χ1) is 9.11. The molecular formula is C13H14Br2N2OS. The van der Waals surface area contributed by atoms with Gasteiger partial charge in [-0.05, 0) is 35.0 Å². The van der Waals surface area contributed by atoms with Gasteiger partial charge in [-0.3, -0.25) is 0 Å². The van der Waals surface area contributed by atoms with Crippen molar-refractivity contribution in [3.63, 3.8) is 0 Å². The highest BCUT2D eigenvalue weighted by molar-refractivity contribution is 9.11. The molecule has 1 unspecified atom stereocenters. The minimum Gasteiger partial charge on any atom is -0.495 e. The molecule has 0 radical (unpaired) electrons. The third-order valence-electron chi connectivity index (χ3n) is 2.71. The Morgan fingerprint density at radius 1 is 1.42 bits per heavy atom. The highest BCUT2D eigenvalue weighted by atomic mass is 79.9. The molecule has 0 aliphatic rings. The fourth-order valence-electron chi connectivity index (χ4n) is 1.77. The molecule has 0 spiro atoms. The Kier molecular flexibility index (Phi) is 5.38. The number of rotatable bonds is 5. The number of thiazole rings is 1. The van der Waals surface area contributed by atoms with Crippen LogP contribution in [0.1, 0.15) is 23.5 Å². The van der Waals surface area contributed by atoms with E-state index in [2.05, 4.69) is 55.2 Å². The second kappa shape index (κ2) is 6.83. The van der Waals surface area contributed by atoms with Gasteiger partial charge in [-0.1, -0.05) is 15.9 Å². The molecule has 0 amide bonds. The normalized spacial score (nSPS) is 12.4. The van der Waals surface area contributed by atoms with E-state index in [0.29, 0.717) is 0 Å². The van der Waals surface area contributed by atoms with E-state index >= 15 is 0 Å². The van der Waals surface area contributed by atoms with E-state index in [9.17, 15) is 0 Å². The summed E-state index contributed by atoms with van der Waals surface area (Å²) >= 11 is 8.67. The number of halogens is 2. The van der Waals surface area contributed by atoms with Crippen molar-refractivity contribution >= 4 is 43.2 Å². The minimum atomic E-state index is 0.225. The van der Waals surface area contributed by atoms with Crippen LogP contribution in [0.3, 0.4) is 0 Å². The lowest BCUT2D eigenvalue weighted by molar-refractivity contribution is 0.403. The van der Waals surface area contributed by atoms with Gasteiger partial charge in [0.25, 0.3) is 0 Å². The number of methoxy groups -OCH3 is 1. The van der Waals surface area contributed by atoms with Crippen LogP contribution in [0.25, 0.3) is 0 Å². The monoisotopic (exact) mass is 404 g/mol. The van der Waals surface area contributed by atoms with E-state index in [1.807, 2.05) is 17.6 Å². The van der Waals surface area contributed by atoms with Crippen LogP contribution in [-0.2, 0) is 6.54 Å². The van der Waals surface area contributed by atoms with Crippen LogP contribution < -0.4 is 10.1 Å². The second-order valence-electron chi connectivity index (χ2n) is 4.05. The summed E-state index contributed by atoms with van der Waals surface area (Å²) in [6.45, 7) is 2.83. The Labute approximate surface area is 133 Å². The van der Waals surface area contributed by atoms with Crippen LogP contribution >= 0.6 is 43.2 Å². The molecule has 0 fully saturated rings. The molecule has 3 nitrogen and oxygen atoms in total. The van der Waals surface area contributed by atoms with Gasteiger partial charge in [0, 0.05) is 28.2 Å². The highest BCUT2D eigenvalue weighted by Gasteiger charge is 2.12. The van der Waals surface area contributed by atoms with E-state index in [1.165, 1.54) is 0 Å². The van der Waals surface area contributed by atoms with Gasteiger partial charge in [0.05, 0.1) is 17.6 Å². The third-order valence-corrected chi connectivity index (χ3v) is 4.72. The predicted molar refractivity (Wildman–Crippen MR) is 85.8 cm³/mol. The van der Waals surface area contributed by atoms with Crippen molar-refractivity contribution in [3.8, 4) is 5.75 Å². The predicted octanol–water partition coefficient (Wildman–Crippen LogP) is 4.53. The van der Waals surface area contributed by atoms with Crippen LogP contribution in [0.15, 0.2) is 32.7 Å². The van der Waals surface area contributed by atoms with Gasteiger partial charge in [-0.2, -0.15) is 0 Å². The first kappa shape index (κ1) is 15.0. The molecule has 1 N–H and O–H groups in total. The zero-order chi connectivity index (χ0) is 13.8. The van der Waals surface area contributed by atoms with Gasteiger partial charge >= 0.3 is 0 Å². The van der Waals surface area contributed by atoms with Crippen molar-refractivity contribution in [2.75, 3.05) is 7.11 Å². The molecule has 1 atom stereocenters. The number of benzene rings is 1. The first-order valence-corrected chi connectivity index (χ1v) is 8.23. The summed E-state index contributed by atoms with van der Waals surface area (Å²) in [5.74, 6) is 0.863. The number of aromatic nitrogens is 1. The SMILES string of the molecule is COc1c(Br)cc(Br)cc1CNC(C)c1nccs1. The number of nitrogens with one attached hydrogen (secondary N) is 1. The molecular weight excluding hydrogens is 392 g/mol. The van der Waals surface area contributed by atoms with E-state index < -0.39 is 0 Å². The van der Waals surface area contributed by atoms with E-state index in [4.69, 9.17) is 4.74 Å². The standard InChI is InChI=1S/C13H14Br2N2OS/c1-8(13-16-3-4-19-13)17-7-9-5-10(14)6-11(15)12(9)18-2/h3-6,8,17H,7H2,1-2H3. The van der Waals surface area contributed by atoms with Gasteiger partial charge in [-0.15, -0.1) is 11.3 Å². The molecule has 0 aliphatic carbocycles. The lowest BCUT2D eigenvalue weighted by atomic mass is 10.2. The van der Waals surface area contributed by atoms with Crippen molar-refractivity contribution in [2.24, 2.45) is 0 Å². The van der Waals surface area contributed by atoms with Gasteiger partial charge in [-0.25, -0.2) is 4.98 Å². The number of ether oxygens (including phenoxy) is 1. The van der Waals surface area contributed by atoms with Crippen molar-refractivity contribution < 1.29 is 4.74 Å². The van der Waals surface area contributed by atoms with Crippen molar-refractivity contribution in [1.29, 1.82) is 0 Å². The highest BCUT2D eigenvalue weighted by Crippen LogP contribution is 2.33. The summed E-state index contributed by atoms with van der Waals surface area (Å²) in [4.78, 5) is 4.31. The Balaban J connectivity index is 2.11. The second-order valence-corrected chi connectivity index (χ2v) is 6.75. The molecule has 1 aromatic heterocycles. The zero-order valence-electron chi connectivity index (χ0n) is 10.6. The van der Waals surface area contributed by atoms with Crippen LogP contribution in [0.2, 0.25) is 0 Å². The fourth-order valence-corrected chi connectivity index (χ4v) is 3.92. The van der Waals surface area contributed by atoms with Crippen molar-refractivity contribution in [1.82, 2.24) is 10.3 Å². The molecule has 19 heavy (non-hydrogen) atoms. The third kappa shape index (κ3) is 3.78. The molecule has 0 aliphatic heterocycles. The van der Waals surface area contributed by atoms with E-state index in [1.54, 1.807) is 18.4 Å². The maximum atomic E-state index is 5.43. The first-order valence-electron chi connectivity index (χ1n) is 5.76. The van der Waals surface area contributed by atoms with E-state index in [0.717, 1.165) is 31.8 Å². The zero-order valence-corrected chi connectivity index (χ0v) is 14.6. The summed E-state index contributed by atoms with van der Waals surface area (Å²) in [5, 5.41) is 6.54. The van der Waals surface area contributed by atoms with Crippen molar-refractivity contribution in [3.05, 3.63) is 43.2 Å². The molecule has 1 aromatic carbocycles. The summed E-state index contributed by atoms with van der Waals surface area (Å²) in [7, 11) is 1.68. The summed E-state index contributed by atoms with van der Waals surface area (Å²) in [5.41, 5.74) is 1.10. The van der Waals surface area contributed by atoms with Crippen LogP contribution in [-0.4, -0.2) is 12.1 Å². The topological polar surface area (TPSA) is 34.1 Å². The molecule has 0 bridgehead atoms. The lowest BCUT2D eigenvalue weighted by Gasteiger charge is -2.15. The molecule has 0 saturated carbocycles. The molecule has 102 valence electrons. The van der Waals surface area contributed by atoms with Crippen LogP contribution in [0, 0.1) is 0 Å². The summed E-state index contributed by atoms with van der Waals surface area (Å²) in [6, 6.07) is 4.26. The smallest absolute Gasteiger partial charge is 0.137 e. The maximum absolute atomic E-state index is 5.43. The molecule has 0 saturated heterocycles. The molecule has 2 aromatic rings.